The number of nitrogens with one attached hydrogen (secondary N) is 1. The zero-order valence-corrected chi connectivity index (χ0v) is 13.3. The van der Waals surface area contributed by atoms with E-state index in [0.717, 1.165) is 16.3 Å². The minimum absolute atomic E-state index is 0.0970. The van der Waals surface area contributed by atoms with Crippen LogP contribution in [0.5, 0.6) is 5.75 Å². The molecule has 3 N–H and O–H groups in total. The number of rotatable bonds is 4. The number of hydrogen-bond acceptors (Lipinski definition) is 3. The molecule has 1 aromatic rings. The van der Waals surface area contributed by atoms with Crippen molar-refractivity contribution < 1.29 is 4.74 Å². The van der Waals surface area contributed by atoms with Crippen molar-refractivity contribution in [2.24, 2.45) is 17.2 Å². The lowest BCUT2D eigenvalue weighted by molar-refractivity contribution is 0.160. The molecule has 1 atom stereocenters. The van der Waals surface area contributed by atoms with Gasteiger partial charge in [-0.15, -0.1) is 0 Å². The van der Waals surface area contributed by atoms with Crippen molar-refractivity contribution in [2.75, 3.05) is 7.11 Å². The third kappa shape index (κ3) is 3.46. The summed E-state index contributed by atoms with van der Waals surface area (Å²) in [5.41, 5.74) is 4.49. The van der Waals surface area contributed by atoms with Gasteiger partial charge in [0.2, 0.25) is 0 Å². The van der Waals surface area contributed by atoms with Gasteiger partial charge in [-0.25, -0.2) is 0 Å². The average molecular weight is 297 g/mol. The van der Waals surface area contributed by atoms with E-state index in [2.05, 4.69) is 19.3 Å². The van der Waals surface area contributed by atoms with Crippen molar-refractivity contribution in [1.82, 2.24) is 5.43 Å². The molecule has 1 aliphatic rings. The fraction of sp³-hybridized carbons (Fsp3) is 0.625. The summed E-state index contributed by atoms with van der Waals surface area (Å²) in [6.45, 7) is 4.68. The van der Waals surface area contributed by atoms with Gasteiger partial charge < -0.3 is 4.74 Å². The molecule has 0 spiro atoms. The molecule has 1 unspecified atom stereocenters. The molecule has 4 heteroatoms. The molecule has 1 saturated carbocycles. The second-order valence-corrected chi connectivity index (χ2v) is 6.97. The van der Waals surface area contributed by atoms with Crippen molar-refractivity contribution in [1.29, 1.82) is 0 Å². The van der Waals surface area contributed by atoms with Crippen LogP contribution in [0.25, 0.3) is 0 Å². The first-order valence-corrected chi connectivity index (χ1v) is 7.64. The lowest BCUT2D eigenvalue weighted by Crippen LogP contribution is -2.36. The van der Waals surface area contributed by atoms with E-state index in [9.17, 15) is 0 Å². The van der Waals surface area contributed by atoms with Crippen LogP contribution in [0.2, 0.25) is 5.02 Å². The predicted molar refractivity (Wildman–Crippen MR) is 83.8 cm³/mol. The number of methoxy groups -OCH3 is 1. The Hall–Kier alpha value is -0.770. The van der Waals surface area contributed by atoms with Crippen LogP contribution in [-0.2, 0) is 0 Å². The second-order valence-electron chi connectivity index (χ2n) is 6.53. The third-order valence-corrected chi connectivity index (χ3v) is 4.80. The molecule has 0 radical (unpaired) electrons. The molecule has 0 amide bonds. The summed E-state index contributed by atoms with van der Waals surface area (Å²) in [6.07, 6.45) is 4.83. The molecule has 112 valence electrons. The van der Waals surface area contributed by atoms with Gasteiger partial charge in [-0.1, -0.05) is 25.4 Å². The summed E-state index contributed by atoms with van der Waals surface area (Å²) < 4.78 is 5.46. The number of hydrogen-bond donors (Lipinski definition) is 2. The van der Waals surface area contributed by atoms with Gasteiger partial charge in [0.25, 0.3) is 0 Å². The summed E-state index contributed by atoms with van der Waals surface area (Å²) in [7, 11) is 1.68. The van der Waals surface area contributed by atoms with Crippen LogP contribution >= 0.6 is 11.6 Å². The lowest BCUT2D eigenvalue weighted by atomic mass is 9.70. The maximum atomic E-state index is 6.13. The van der Waals surface area contributed by atoms with Crippen LogP contribution in [-0.4, -0.2) is 7.11 Å². The fourth-order valence-electron chi connectivity index (χ4n) is 3.18. The van der Waals surface area contributed by atoms with Crippen LogP contribution in [0.1, 0.15) is 51.1 Å². The largest absolute Gasteiger partial charge is 0.496 e. The van der Waals surface area contributed by atoms with E-state index < -0.39 is 0 Å². The number of halogens is 1. The van der Waals surface area contributed by atoms with Gasteiger partial charge in [-0.05, 0) is 55.2 Å². The van der Waals surface area contributed by atoms with E-state index >= 15 is 0 Å². The van der Waals surface area contributed by atoms with Crippen LogP contribution in [0.4, 0.5) is 0 Å². The topological polar surface area (TPSA) is 47.3 Å². The zero-order chi connectivity index (χ0) is 14.8. The van der Waals surface area contributed by atoms with E-state index in [-0.39, 0.29) is 6.04 Å². The highest BCUT2D eigenvalue weighted by molar-refractivity contribution is 6.30. The van der Waals surface area contributed by atoms with Crippen molar-refractivity contribution in [3.63, 3.8) is 0 Å². The number of nitrogens with two attached hydrogens (primary N) is 1. The molecule has 0 saturated heterocycles. The molecule has 20 heavy (non-hydrogen) atoms. The highest BCUT2D eigenvalue weighted by Crippen LogP contribution is 2.44. The average Bonchev–Trinajstić information content (AvgIpc) is 2.41. The molecule has 0 bridgehead atoms. The zero-order valence-electron chi connectivity index (χ0n) is 12.6. The summed E-state index contributed by atoms with van der Waals surface area (Å²) in [5.74, 6) is 7.21. The molecular weight excluding hydrogens is 272 g/mol. The second kappa shape index (κ2) is 6.33. The highest BCUT2D eigenvalue weighted by atomic mass is 35.5. The highest BCUT2D eigenvalue weighted by Gasteiger charge is 2.32. The molecule has 1 aromatic carbocycles. The number of ether oxygens (including phenoxy) is 1. The van der Waals surface area contributed by atoms with Crippen LogP contribution in [0.3, 0.4) is 0 Å². The Kier molecular flexibility index (Phi) is 4.95. The summed E-state index contributed by atoms with van der Waals surface area (Å²) in [6, 6.07) is 5.82. The van der Waals surface area contributed by atoms with Gasteiger partial charge >= 0.3 is 0 Å². The number of benzene rings is 1. The van der Waals surface area contributed by atoms with E-state index in [0.29, 0.717) is 11.3 Å². The van der Waals surface area contributed by atoms with Crippen molar-refractivity contribution >= 4 is 11.6 Å². The molecule has 3 nitrogen and oxygen atoms in total. The Balaban J connectivity index is 2.22. The third-order valence-electron chi connectivity index (χ3n) is 4.56. The van der Waals surface area contributed by atoms with E-state index in [4.69, 9.17) is 22.2 Å². The maximum Gasteiger partial charge on any atom is 0.123 e. The lowest BCUT2D eigenvalue weighted by Gasteiger charge is -2.38. The Morgan fingerprint density at radius 2 is 2.00 bits per heavy atom. The number of hydrazine groups is 1. The van der Waals surface area contributed by atoms with Crippen molar-refractivity contribution in [3.8, 4) is 5.75 Å². The van der Waals surface area contributed by atoms with Gasteiger partial charge in [0.15, 0.2) is 0 Å². The Bertz CT molecular complexity index is 452. The first kappa shape index (κ1) is 15.6. The first-order chi connectivity index (χ1) is 9.46. The molecule has 0 aliphatic heterocycles. The molecule has 2 rings (SSSR count). The Morgan fingerprint density at radius 1 is 1.35 bits per heavy atom. The van der Waals surface area contributed by atoms with E-state index in [1.807, 2.05) is 18.2 Å². The van der Waals surface area contributed by atoms with Crippen molar-refractivity contribution in [2.45, 2.75) is 45.6 Å². The van der Waals surface area contributed by atoms with Gasteiger partial charge in [-0.3, -0.25) is 11.3 Å². The Labute approximate surface area is 126 Å². The first-order valence-electron chi connectivity index (χ1n) is 7.26. The minimum Gasteiger partial charge on any atom is -0.496 e. The van der Waals surface area contributed by atoms with Gasteiger partial charge in [-0.2, -0.15) is 0 Å². The van der Waals surface area contributed by atoms with E-state index in [1.54, 1.807) is 7.11 Å². The van der Waals surface area contributed by atoms with Crippen LogP contribution < -0.4 is 16.0 Å². The maximum absolute atomic E-state index is 6.13. The molecule has 1 fully saturated rings. The predicted octanol–water partition coefficient (Wildman–Crippen LogP) is 4.07. The van der Waals surface area contributed by atoms with Gasteiger partial charge in [0.05, 0.1) is 13.2 Å². The van der Waals surface area contributed by atoms with Crippen LogP contribution in [0, 0.1) is 11.3 Å². The molecular formula is C16H25ClN2O. The normalized spacial score (nSPS) is 20.6. The van der Waals surface area contributed by atoms with Crippen LogP contribution in [0.15, 0.2) is 18.2 Å². The standard InChI is InChI=1S/C16H25ClN2O/c1-16(2)8-6-11(7-9-16)15(19-18)13-10-12(17)4-5-14(13)20-3/h4-5,10-11,15,19H,6-9,18H2,1-3H3. The summed E-state index contributed by atoms with van der Waals surface area (Å²) in [5, 5.41) is 0.720. The minimum atomic E-state index is 0.0970. The summed E-state index contributed by atoms with van der Waals surface area (Å²) >= 11 is 6.13. The van der Waals surface area contributed by atoms with Gasteiger partial charge in [0, 0.05) is 10.6 Å². The molecule has 0 aromatic heterocycles. The summed E-state index contributed by atoms with van der Waals surface area (Å²) in [4.78, 5) is 0. The van der Waals surface area contributed by atoms with E-state index in [1.165, 1.54) is 25.7 Å². The monoisotopic (exact) mass is 296 g/mol. The Morgan fingerprint density at radius 3 is 2.55 bits per heavy atom. The quantitative estimate of drug-likeness (QED) is 0.650. The molecule has 1 aliphatic carbocycles. The SMILES string of the molecule is COc1ccc(Cl)cc1C(NN)C1CCC(C)(C)CC1. The van der Waals surface area contributed by atoms with Gasteiger partial charge in [0.1, 0.15) is 5.75 Å². The van der Waals surface area contributed by atoms with Crippen molar-refractivity contribution in [3.05, 3.63) is 28.8 Å². The fourth-order valence-corrected chi connectivity index (χ4v) is 3.36. The smallest absolute Gasteiger partial charge is 0.123 e. The molecule has 0 heterocycles.